The molecule has 1 aliphatic carbocycles. The zero-order valence-corrected chi connectivity index (χ0v) is 11.2. The molecule has 5 nitrogen and oxygen atoms in total. The monoisotopic (exact) mass is 261 g/mol. The number of carbonyl (C=O) groups excluding carboxylic acids is 2. The van der Waals surface area contributed by atoms with E-state index in [1.807, 2.05) is 6.92 Å². The molecule has 1 aromatic heterocycles. The third-order valence-corrected chi connectivity index (χ3v) is 4.56. The summed E-state index contributed by atoms with van der Waals surface area (Å²) >= 11 is 0. The van der Waals surface area contributed by atoms with Gasteiger partial charge in [0.15, 0.2) is 0 Å². The predicted octanol–water partition coefficient (Wildman–Crippen LogP) is 1.93. The molecular weight excluding hydrogens is 242 g/mol. The summed E-state index contributed by atoms with van der Waals surface area (Å²) in [6.45, 7) is 2.27. The molecule has 1 saturated carbocycles. The molecule has 0 bridgehead atoms. The SMILES string of the molecule is Cc1[nH]ncc1CN1C(=O)CC2(CCCCC2)C1=O. The Labute approximate surface area is 112 Å². The van der Waals surface area contributed by atoms with Crippen molar-refractivity contribution in [2.45, 2.75) is 52.0 Å². The smallest absolute Gasteiger partial charge is 0.236 e. The minimum absolute atomic E-state index is 0.0208. The molecular formula is C14H19N3O2. The van der Waals surface area contributed by atoms with E-state index in [0.29, 0.717) is 13.0 Å². The Morgan fingerprint density at radius 1 is 1.32 bits per heavy atom. The molecule has 0 unspecified atom stereocenters. The number of nitrogens with zero attached hydrogens (tertiary/aromatic N) is 2. The molecule has 1 aliphatic heterocycles. The molecule has 19 heavy (non-hydrogen) atoms. The Morgan fingerprint density at radius 2 is 2.05 bits per heavy atom. The number of likely N-dealkylation sites (tertiary alicyclic amines) is 1. The first-order chi connectivity index (χ1) is 9.12. The van der Waals surface area contributed by atoms with Crippen LogP contribution in [0.4, 0.5) is 0 Å². The van der Waals surface area contributed by atoms with Crippen molar-refractivity contribution in [2.75, 3.05) is 0 Å². The zero-order valence-electron chi connectivity index (χ0n) is 11.2. The van der Waals surface area contributed by atoms with E-state index in [1.165, 1.54) is 11.3 Å². The highest BCUT2D eigenvalue weighted by atomic mass is 16.2. The van der Waals surface area contributed by atoms with Gasteiger partial charge < -0.3 is 0 Å². The minimum atomic E-state index is -0.382. The summed E-state index contributed by atoms with van der Waals surface area (Å²) in [5.41, 5.74) is 1.47. The van der Waals surface area contributed by atoms with Crippen molar-refractivity contribution in [1.82, 2.24) is 15.1 Å². The number of hydrogen-bond donors (Lipinski definition) is 1. The molecule has 0 aromatic carbocycles. The van der Waals surface area contributed by atoms with Crippen LogP contribution in [0.2, 0.25) is 0 Å². The van der Waals surface area contributed by atoms with Gasteiger partial charge in [-0.3, -0.25) is 19.6 Å². The second-order valence-electron chi connectivity index (χ2n) is 5.82. The Kier molecular flexibility index (Phi) is 2.92. The van der Waals surface area contributed by atoms with E-state index < -0.39 is 0 Å². The average molecular weight is 261 g/mol. The molecule has 2 aliphatic rings. The number of amides is 2. The lowest BCUT2D eigenvalue weighted by Gasteiger charge is -2.30. The highest BCUT2D eigenvalue weighted by Gasteiger charge is 2.51. The quantitative estimate of drug-likeness (QED) is 0.827. The van der Waals surface area contributed by atoms with Gasteiger partial charge in [0.1, 0.15) is 0 Å². The summed E-state index contributed by atoms with van der Waals surface area (Å²) in [6, 6.07) is 0. The number of hydrogen-bond acceptors (Lipinski definition) is 3. The van der Waals surface area contributed by atoms with E-state index in [9.17, 15) is 9.59 Å². The van der Waals surface area contributed by atoms with Gasteiger partial charge in [-0.25, -0.2) is 0 Å². The van der Waals surface area contributed by atoms with Crippen molar-refractivity contribution in [3.63, 3.8) is 0 Å². The van der Waals surface area contributed by atoms with E-state index in [-0.39, 0.29) is 17.2 Å². The van der Waals surface area contributed by atoms with Gasteiger partial charge >= 0.3 is 0 Å². The molecule has 2 amide bonds. The average Bonchev–Trinajstić information content (AvgIpc) is 2.89. The van der Waals surface area contributed by atoms with E-state index in [1.54, 1.807) is 6.20 Å². The Bertz CT molecular complexity index is 515. The van der Waals surface area contributed by atoms with Crippen LogP contribution in [-0.4, -0.2) is 26.9 Å². The van der Waals surface area contributed by atoms with Gasteiger partial charge in [0, 0.05) is 17.7 Å². The maximum atomic E-state index is 12.6. The Morgan fingerprint density at radius 3 is 2.68 bits per heavy atom. The van der Waals surface area contributed by atoms with Gasteiger partial charge in [-0.05, 0) is 19.8 Å². The third-order valence-electron chi connectivity index (χ3n) is 4.56. The van der Waals surface area contributed by atoms with E-state index >= 15 is 0 Å². The molecule has 0 atom stereocenters. The van der Waals surface area contributed by atoms with Crippen molar-refractivity contribution >= 4 is 11.8 Å². The standard InChI is InChI=1S/C14H19N3O2/c1-10-11(8-15-16-10)9-17-12(18)7-14(13(17)19)5-3-2-4-6-14/h8H,2-7,9H2,1H3,(H,15,16). The van der Waals surface area contributed by atoms with Crippen LogP contribution in [0.3, 0.4) is 0 Å². The van der Waals surface area contributed by atoms with Gasteiger partial charge in [-0.1, -0.05) is 19.3 Å². The zero-order chi connectivity index (χ0) is 13.5. The lowest BCUT2D eigenvalue weighted by Crippen LogP contribution is -2.36. The normalized spacial score (nSPS) is 22.5. The van der Waals surface area contributed by atoms with Crippen LogP contribution in [0.5, 0.6) is 0 Å². The topological polar surface area (TPSA) is 66.1 Å². The maximum Gasteiger partial charge on any atom is 0.236 e. The van der Waals surface area contributed by atoms with Gasteiger partial charge in [0.25, 0.3) is 0 Å². The van der Waals surface area contributed by atoms with Gasteiger partial charge in [0.05, 0.1) is 18.2 Å². The van der Waals surface area contributed by atoms with Crippen LogP contribution >= 0.6 is 0 Å². The maximum absolute atomic E-state index is 12.6. The summed E-state index contributed by atoms with van der Waals surface area (Å²) in [5.74, 6) is 0.0188. The lowest BCUT2D eigenvalue weighted by atomic mass is 9.73. The Hall–Kier alpha value is -1.65. The van der Waals surface area contributed by atoms with Crippen LogP contribution in [0.15, 0.2) is 6.20 Å². The first kappa shape index (κ1) is 12.4. The van der Waals surface area contributed by atoms with Gasteiger partial charge in [-0.15, -0.1) is 0 Å². The molecule has 1 spiro atoms. The van der Waals surface area contributed by atoms with Crippen LogP contribution in [0.1, 0.15) is 49.8 Å². The summed E-state index contributed by atoms with van der Waals surface area (Å²) in [7, 11) is 0. The number of carbonyl (C=O) groups is 2. The minimum Gasteiger partial charge on any atom is -0.283 e. The largest absolute Gasteiger partial charge is 0.283 e. The van der Waals surface area contributed by atoms with Crippen molar-refractivity contribution in [2.24, 2.45) is 5.41 Å². The summed E-state index contributed by atoms with van der Waals surface area (Å²) < 4.78 is 0. The molecule has 3 rings (SSSR count). The van der Waals surface area contributed by atoms with Crippen LogP contribution < -0.4 is 0 Å². The van der Waals surface area contributed by atoms with Gasteiger partial charge in [-0.2, -0.15) is 5.10 Å². The summed E-state index contributed by atoms with van der Waals surface area (Å²) in [5, 5.41) is 6.79. The Balaban J connectivity index is 1.81. The van der Waals surface area contributed by atoms with Gasteiger partial charge in [0.2, 0.25) is 11.8 Å². The molecule has 102 valence electrons. The number of imide groups is 1. The number of aromatic nitrogens is 2. The fraction of sp³-hybridized carbons (Fsp3) is 0.643. The molecule has 5 heteroatoms. The molecule has 2 heterocycles. The second-order valence-corrected chi connectivity index (χ2v) is 5.82. The van der Waals surface area contributed by atoms with E-state index in [0.717, 1.165) is 36.9 Å². The van der Waals surface area contributed by atoms with E-state index in [2.05, 4.69) is 10.2 Å². The fourth-order valence-corrected chi connectivity index (χ4v) is 3.34. The van der Waals surface area contributed by atoms with Crippen molar-refractivity contribution < 1.29 is 9.59 Å². The van der Waals surface area contributed by atoms with Crippen LogP contribution in [-0.2, 0) is 16.1 Å². The molecule has 2 fully saturated rings. The van der Waals surface area contributed by atoms with Crippen molar-refractivity contribution in [3.05, 3.63) is 17.5 Å². The van der Waals surface area contributed by atoms with Crippen molar-refractivity contribution in [3.8, 4) is 0 Å². The predicted molar refractivity (Wildman–Crippen MR) is 69.0 cm³/mol. The number of rotatable bonds is 2. The third kappa shape index (κ3) is 1.97. The number of H-pyrrole nitrogens is 1. The molecule has 1 saturated heterocycles. The number of aryl methyl sites for hydroxylation is 1. The molecule has 1 N–H and O–H groups in total. The number of aromatic amines is 1. The highest BCUT2D eigenvalue weighted by molar-refractivity contribution is 6.05. The molecule has 1 aromatic rings. The fourth-order valence-electron chi connectivity index (χ4n) is 3.34. The molecule has 0 radical (unpaired) electrons. The first-order valence-corrected chi connectivity index (χ1v) is 6.96. The number of nitrogens with one attached hydrogen (secondary N) is 1. The summed E-state index contributed by atoms with van der Waals surface area (Å²) in [4.78, 5) is 26.2. The van der Waals surface area contributed by atoms with Crippen molar-refractivity contribution in [1.29, 1.82) is 0 Å². The summed E-state index contributed by atoms with van der Waals surface area (Å²) in [6.07, 6.45) is 7.17. The highest BCUT2D eigenvalue weighted by Crippen LogP contribution is 2.45. The lowest BCUT2D eigenvalue weighted by molar-refractivity contribution is -0.142. The van der Waals surface area contributed by atoms with E-state index in [4.69, 9.17) is 0 Å². The second kappa shape index (κ2) is 4.47. The van der Waals surface area contributed by atoms with Crippen LogP contribution in [0, 0.1) is 12.3 Å². The first-order valence-electron chi connectivity index (χ1n) is 6.96. The van der Waals surface area contributed by atoms with Crippen LogP contribution in [0.25, 0.3) is 0 Å².